The number of thioether (sulfide) groups is 1. The van der Waals surface area contributed by atoms with Crippen molar-refractivity contribution in [1.82, 2.24) is 10.2 Å². The lowest BCUT2D eigenvalue weighted by atomic mass is 10.2. The number of unbranched alkanes of at least 4 members (excludes halogenated alkanes) is 2. The SMILES string of the molecule is CCCCCc1nnc(NC(=O)c2ccccc2SC2CCS(=O)(=O)C2)s1. The van der Waals surface area contributed by atoms with Crippen molar-refractivity contribution >= 4 is 44.0 Å². The molecule has 27 heavy (non-hydrogen) atoms. The molecule has 0 saturated carbocycles. The normalized spacial score (nSPS) is 18.5. The summed E-state index contributed by atoms with van der Waals surface area (Å²) in [4.78, 5) is 13.5. The first kappa shape index (κ1) is 20.3. The summed E-state index contributed by atoms with van der Waals surface area (Å²) in [7, 11) is -2.94. The van der Waals surface area contributed by atoms with E-state index in [4.69, 9.17) is 0 Å². The fourth-order valence-corrected chi connectivity index (χ4v) is 7.29. The molecule has 0 bridgehead atoms. The van der Waals surface area contributed by atoms with Crippen LogP contribution in [0.4, 0.5) is 5.13 Å². The van der Waals surface area contributed by atoms with E-state index in [9.17, 15) is 13.2 Å². The van der Waals surface area contributed by atoms with Gasteiger partial charge in [0.05, 0.1) is 17.1 Å². The molecule has 2 aromatic rings. The van der Waals surface area contributed by atoms with Gasteiger partial charge >= 0.3 is 0 Å². The number of anilines is 1. The number of nitrogens with zero attached hydrogens (tertiary/aromatic N) is 2. The quantitative estimate of drug-likeness (QED) is 0.647. The van der Waals surface area contributed by atoms with E-state index < -0.39 is 9.84 Å². The Kier molecular flexibility index (Phi) is 6.88. The number of benzene rings is 1. The zero-order chi connectivity index (χ0) is 19.3. The number of hydrogen-bond donors (Lipinski definition) is 1. The Morgan fingerprint density at radius 1 is 1.30 bits per heavy atom. The van der Waals surface area contributed by atoms with Gasteiger partial charge in [0.2, 0.25) is 5.13 Å². The number of rotatable bonds is 8. The van der Waals surface area contributed by atoms with Crippen molar-refractivity contribution in [2.45, 2.75) is 49.2 Å². The van der Waals surface area contributed by atoms with Crippen LogP contribution >= 0.6 is 23.1 Å². The summed E-state index contributed by atoms with van der Waals surface area (Å²) < 4.78 is 23.4. The molecule has 1 aromatic carbocycles. The van der Waals surface area contributed by atoms with E-state index in [0.717, 1.165) is 35.6 Å². The predicted molar refractivity (Wildman–Crippen MR) is 110 cm³/mol. The molecule has 3 rings (SSSR count). The average molecular weight is 426 g/mol. The van der Waals surface area contributed by atoms with E-state index in [1.807, 2.05) is 12.1 Å². The second kappa shape index (κ2) is 9.16. The van der Waals surface area contributed by atoms with Gasteiger partial charge < -0.3 is 0 Å². The van der Waals surface area contributed by atoms with Gasteiger partial charge in [-0.05, 0) is 25.0 Å². The molecule has 0 aliphatic carbocycles. The van der Waals surface area contributed by atoms with Crippen LogP contribution in [0.3, 0.4) is 0 Å². The smallest absolute Gasteiger partial charge is 0.258 e. The molecular formula is C18H23N3O3S3. The van der Waals surface area contributed by atoms with E-state index >= 15 is 0 Å². The molecule has 1 unspecified atom stereocenters. The molecule has 1 saturated heterocycles. The Hall–Kier alpha value is -1.45. The molecule has 1 fully saturated rings. The number of amides is 1. The van der Waals surface area contributed by atoms with Gasteiger partial charge in [-0.15, -0.1) is 22.0 Å². The highest BCUT2D eigenvalue weighted by Crippen LogP contribution is 2.33. The first-order valence-corrected chi connectivity index (χ1v) is 12.6. The largest absolute Gasteiger partial charge is 0.296 e. The summed E-state index contributed by atoms with van der Waals surface area (Å²) >= 11 is 2.87. The number of nitrogens with one attached hydrogen (secondary N) is 1. The number of carbonyl (C=O) groups is 1. The van der Waals surface area contributed by atoms with E-state index in [2.05, 4.69) is 22.4 Å². The number of sulfone groups is 1. The summed E-state index contributed by atoms with van der Waals surface area (Å²) in [5.41, 5.74) is 0.537. The molecular weight excluding hydrogens is 402 g/mol. The number of aryl methyl sites for hydroxylation is 1. The average Bonchev–Trinajstić information content (AvgIpc) is 3.21. The highest BCUT2D eigenvalue weighted by atomic mass is 32.2. The maximum absolute atomic E-state index is 12.7. The molecule has 1 aliphatic rings. The van der Waals surface area contributed by atoms with Gasteiger partial charge in [0, 0.05) is 16.6 Å². The van der Waals surface area contributed by atoms with Gasteiger partial charge in [0.15, 0.2) is 9.84 Å². The summed E-state index contributed by atoms with van der Waals surface area (Å²) in [6, 6.07) is 7.28. The Labute approximate surface area is 168 Å². The standard InChI is InChI=1S/C18H23N3O3S3/c1-2-3-4-9-16-20-21-18(26-16)19-17(22)14-7-5-6-8-15(14)25-13-10-11-27(23,24)12-13/h5-8,13H,2-4,9-12H2,1H3,(H,19,21,22). The van der Waals surface area contributed by atoms with E-state index in [0.29, 0.717) is 17.1 Å². The molecule has 146 valence electrons. The molecule has 6 nitrogen and oxygen atoms in total. The van der Waals surface area contributed by atoms with Crippen LogP contribution in [0.2, 0.25) is 0 Å². The Morgan fingerprint density at radius 3 is 2.85 bits per heavy atom. The van der Waals surface area contributed by atoms with Crippen LogP contribution in [0.15, 0.2) is 29.2 Å². The second-order valence-corrected chi connectivity index (χ2v) is 11.2. The van der Waals surface area contributed by atoms with Gasteiger partial charge in [-0.2, -0.15) is 0 Å². The van der Waals surface area contributed by atoms with Crippen LogP contribution in [0.5, 0.6) is 0 Å². The Bertz CT molecular complexity index is 896. The van der Waals surface area contributed by atoms with Crippen molar-refractivity contribution in [3.8, 4) is 0 Å². The van der Waals surface area contributed by atoms with Crippen LogP contribution in [-0.4, -0.2) is 41.3 Å². The molecule has 1 amide bonds. The zero-order valence-corrected chi connectivity index (χ0v) is 17.6. The second-order valence-electron chi connectivity index (χ2n) is 6.55. The fraction of sp³-hybridized carbons (Fsp3) is 0.500. The predicted octanol–water partition coefficient (Wildman–Crippen LogP) is 3.80. The number of hydrogen-bond acceptors (Lipinski definition) is 7. The number of aromatic nitrogens is 2. The highest BCUT2D eigenvalue weighted by molar-refractivity contribution is 8.02. The topological polar surface area (TPSA) is 89.0 Å². The highest BCUT2D eigenvalue weighted by Gasteiger charge is 2.29. The van der Waals surface area contributed by atoms with Crippen LogP contribution in [-0.2, 0) is 16.3 Å². The molecule has 1 aromatic heterocycles. The van der Waals surface area contributed by atoms with Crippen molar-refractivity contribution in [3.05, 3.63) is 34.8 Å². The van der Waals surface area contributed by atoms with E-state index in [1.165, 1.54) is 23.1 Å². The summed E-state index contributed by atoms with van der Waals surface area (Å²) in [6.07, 6.45) is 4.88. The van der Waals surface area contributed by atoms with Crippen molar-refractivity contribution in [2.75, 3.05) is 16.8 Å². The lowest BCUT2D eigenvalue weighted by Crippen LogP contribution is -2.14. The summed E-state index contributed by atoms with van der Waals surface area (Å²) in [6.45, 7) is 2.15. The fourth-order valence-electron chi connectivity index (χ4n) is 2.89. The van der Waals surface area contributed by atoms with Gasteiger partial charge in [0.1, 0.15) is 5.01 Å². The van der Waals surface area contributed by atoms with Crippen LogP contribution in [0, 0.1) is 0 Å². The number of carbonyl (C=O) groups excluding carboxylic acids is 1. The zero-order valence-electron chi connectivity index (χ0n) is 15.2. The van der Waals surface area contributed by atoms with Gasteiger partial charge in [-0.3, -0.25) is 10.1 Å². The van der Waals surface area contributed by atoms with Crippen LogP contribution in [0.1, 0.15) is 48.0 Å². The van der Waals surface area contributed by atoms with Crippen LogP contribution in [0.25, 0.3) is 0 Å². The van der Waals surface area contributed by atoms with E-state index in [-0.39, 0.29) is 22.7 Å². The lowest BCUT2D eigenvalue weighted by Gasteiger charge is -2.11. The molecule has 1 atom stereocenters. The lowest BCUT2D eigenvalue weighted by molar-refractivity contribution is 0.102. The van der Waals surface area contributed by atoms with Gasteiger partial charge in [0.25, 0.3) is 5.91 Å². The molecule has 1 N–H and O–H groups in total. The minimum absolute atomic E-state index is 0.00403. The summed E-state index contributed by atoms with van der Waals surface area (Å²) in [5.74, 6) is 0.158. The van der Waals surface area contributed by atoms with Crippen molar-refractivity contribution < 1.29 is 13.2 Å². The first-order chi connectivity index (χ1) is 13.0. The van der Waals surface area contributed by atoms with Crippen molar-refractivity contribution in [2.24, 2.45) is 0 Å². The molecule has 9 heteroatoms. The molecule has 1 aliphatic heterocycles. The molecule has 0 radical (unpaired) electrons. The summed E-state index contributed by atoms with van der Waals surface area (Å²) in [5, 5.41) is 12.4. The van der Waals surface area contributed by atoms with Crippen molar-refractivity contribution in [1.29, 1.82) is 0 Å². The monoisotopic (exact) mass is 425 g/mol. The third kappa shape index (κ3) is 5.76. The third-order valence-electron chi connectivity index (χ3n) is 4.30. The van der Waals surface area contributed by atoms with E-state index in [1.54, 1.807) is 12.1 Å². The molecule has 0 spiro atoms. The maximum atomic E-state index is 12.7. The Morgan fingerprint density at radius 2 is 2.11 bits per heavy atom. The maximum Gasteiger partial charge on any atom is 0.258 e. The minimum atomic E-state index is -2.94. The Balaban J connectivity index is 1.65. The third-order valence-corrected chi connectivity index (χ3v) is 8.52. The van der Waals surface area contributed by atoms with Gasteiger partial charge in [-0.25, -0.2) is 8.42 Å². The van der Waals surface area contributed by atoms with Crippen molar-refractivity contribution in [3.63, 3.8) is 0 Å². The first-order valence-electron chi connectivity index (χ1n) is 9.06. The van der Waals surface area contributed by atoms with Gasteiger partial charge in [-0.1, -0.05) is 43.2 Å². The van der Waals surface area contributed by atoms with Crippen LogP contribution < -0.4 is 5.32 Å². The molecule has 2 heterocycles. The minimum Gasteiger partial charge on any atom is -0.296 e.